The zero-order chi connectivity index (χ0) is 11.4. The van der Waals surface area contributed by atoms with Gasteiger partial charge in [-0.25, -0.2) is 0 Å². The number of hydrogen-bond acceptors (Lipinski definition) is 4. The van der Waals surface area contributed by atoms with Crippen molar-refractivity contribution in [2.75, 3.05) is 11.9 Å². The fourth-order valence-corrected chi connectivity index (χ4v) is 1.96. The van der Waals surface area contributed by atoms with E-state index in [9.17, 15) is 0 Å². The van der Waals surface area contributed by atoms with Crippen LogP contribution in [0.5, 0.6) is 0 Å². The van der Waals surface area contributed by atoms with Crippen LogP contribution < -0.4 is 5.32 Å². The molecule has 0 radical (unpaired) electrons. The Balaban J connectivity index is 2.15. The second kappa shape index (κ2) is 5.07. The molecule has 1 aromatic carbocycles. The second-order valence-electron chi connectivity index (χ2n) is 3.72. The Morgan fingerprint density at radius 2 is 2.00 bits per heavy atom. The highest BCUT2D eigenvalue weighted by atomic mass is 32.1. The number of hydrogen-bond donors (Lipinski definition) is 1. The van der Waals surface area contributed by atoms with Gasteiger partial charge in [-0.05, 0) is 13.3 Å². The molecule has 16 heavy (non-hydrogen) atoms. The molecule has 0 atom stereocenters. The van der Waals surface area contributed by atoms with E-state index in [-0.39, 0.29) is 0 Å². The lowest BCUT2D eigenvalue weighted by Gasteiger charge is -1.97. The monoisotopic (exact) mass is 233 g/mol. The van der Waals surface area contributed by atoms with Gasteiger partial charge in [0.25, 0.3) is 0 Å². The normalized spacial score (nSPS) is 10.4. The molecule has 0 saturated carbocycles. The van der Waals surface area contributed by atoms with E-state index in [1.807, 2.05) is 0 Å². The van der Waals surface area contributed by atoms with Crippen LogP contribution in [0.1, 0.15) is 18.9 Å². The second-order valence-corrected chi connectivity index (χ2v) is 4.47. The highest BCUT2D eigenvalue weighted by molar-refractivity contribution is 7.09. The molecule has 0 spiro atoms. The van der Waals surface area contributed by atoms with Gasteiger partial charge < -0.3 is 5.32 Å². The molecule has 0 aliphatic carbocycles. The van der Waals surface area contributed by atoms with Crippen molar-refractivity contribution in [3.63, 3.8) is 0 Å². The lowest BCUT2D eigenvalue weighted by molar-refractivity contribution is 0.976. The largest absolute Gasteiger partial charge is 0.360 e. The lowest BCUT2D eigenvalue weighted by Crippen LogP contribution is -1.98. The van der Waals surface area contributed by atoms with Crippen LogP contribution >= 0.6 is 11.5 Å². The summed E-state index contributed by atoms with van der Waals surface area (Å²) < 4.78 is 4.34. The van der Waals surface area contributed by atoms with Crippen LogP contribution in [0.2, 0.25) is 0 Å². The number of anilines is 1. The summed E-state index contributed by atoms with van der Waals surface area (Å²) in [6.07, 6.45) is 1.10. The molecule has 0 amide bonds. The van der Waals surface area contributed by atoms with E-state index in [0.29, 0.717) is 0 Å². The molecule has 2 rings (SSSR count). The maximum atomic E-state index is 4.44. The zero-order valence-corrected chi connectivity index (χ0v) is 10.3. The maximum absolute atomic E-state index is 4.44. The summed E-state index contributed by atoms with van der Waals surface area (Å²) in [6.45, 7) is 5.16. The van der Waals surface area contributed by atoms with Gasteiger partial charge in [-0.15, -0.1) is 0 Å². The Morgan fingerprint density at radius 1 is 1.25 bits per heavy atom. The van der Waals surface area contributed by atoms with Gasteiger partial charge in [0.2, 0.25) is 5.13 Å². The number of nitrogens with one attached hydrogen (secondary N) is 1. The van der Waals surface area contributed by atoms with Crippen LogP contribution in [-0.2, 0) is 0 Å². The summed E-state index contributed by atoms with van der Waals surface area (Å²) >= 11 is 1.42. The van der Waals surface area contributed by atoms with Crippen LogP contribution in [-0.4, -0.2) is 15.9 Å². The zero-order valence-electron chi connectivity index (χ0n) is 9.53. The first-order valence-electron chi connectivity index (χ1n) is 5.44. The van der Waals surface area contributed by atoms with E-state index in [0.717, 1.165) is 29.5 Å². The quantitative estimate of drug-likeness (QED) is 0.880. The molecule has 1 N–H and O–H groups in total. The van der Waals surface area contributed by atoms with E-state index in [1.54, 1.807) is 0 Å². The first-order valence-corrected chi connectivity index (χ1v) is 6.21. The van der Waals surface area contributed by atoms with Crippen LogP contribution in [0.25, 0.3) is 11.4 Å². The predicted octanol–water partition coefficient (Wildman–Crippen LogP) is 3.34. The highest BCUT2D eigenvalue weighted by Crippen LogP contribution is 2.21. The SMILES string of the molecule is CCCNc1nc(-c2ccc(C)cc2)ns1. The van der Waals surface area contributed by atoms with E-state index < -0.39 is 0 Å². The van der Waals surface area contributed by atoms with Crippen molar-refractivity contribution < 1.29 is 0 Å². The molecule has 4 heteroatoms. The van der Waals surface area contributed by atoms with Gasteiger partial charge in [0.15, 0.2) is 5.82 Å². The molecule has 2 aromatic rings. The Morgan fingerprint density at radius 3 is 2.69 bits per heavy atom. The Hall–Kier alpha value is -1.42. The molecule has 0 aliphatic rings. The Kier molecular flexibility index (Phi) is 3.51. The fraction of sp³-hybridized carbons (Fsp3) is 0.333. The third-order valence-electron chi connectivity index (χ3n) is 2.26. The Bertz CT molecular complexity index is 448. The number of aryl methyl sites for hydroxylation is 1. The third kappa shape index (κ3) is 2.58. The minimum Gasteiger partial charge on any atom is -0.360 e. The molecular weight excluding hydrogens is 218 g/mol. The molecule has 0 saturated heterocycles. The Labute approximate surface area is 99.7 Å². The first-order chi connectivity index (χ1) is 7.79. The van der Waals surface area contributed by atoms with Crippen molar-refractivity contribution in [2.45, 2.75) is 20.3 Å². The van der Waals surface area contributed by atoms with Crippen molar-refractivity contribution in [1.82, 2.24) is 9.36 Å². The van der Waals surface area contributed by atoms with Crippen LogP contribution in [0.15, 0.2) is 24.3 Å². The minimum atomic E-state index is 0.809. The van der Waals surface area contributed by atoms with Gasteiger partial charge in [-0.1, -0.05) is 36.8 Å². The average molecular weight is 233 g/mol. The molecule has 0 unspecified atom stereocenters. The standard InChI is InChI=1S/C12H15N3S/c1-3-8-13-12-14-11(15-16-12)10-6-4-9(2)5-7-10/h4-7H,3,8H2,1-2H3,(H,13,14,15). The molecule has 1 heterocycles. The summed E-state index contributed by atoms with van der Waals surface area (Å²) in [4.78, 5) is 4.44. The van der Waals surface area contributed by atoms with Crippen LogP contribution in [0.3, 0.4) is 0 Å². The predicted molar refractivity (Wildman–Crippen MR) is 68.9 cm³/mol. The van der Waals surface area contributed by atoms with Gasteiger partial charge in [-0.2, -0.15) is 9.36 Å². The molecule has 3 nitrogen and oxygen atoms in total. The van der Waals surface area contributed by atoms with E-state index in [1.165, 1.54) is 17.1 Å². The van der Waals surface area contributed by atoms with Crippen molar-refractivity contribution in [3.05, 3.63) is 29.8 Å². The number of aromatic nitrogens is 2. The molecule has 0 fully saturated rings. The van der Waals surface area contributed by atoms with Gasteiger partial charge >= 0.3 is 0 Å². The third-order valence-corrected chi connectivity index (χ3v) is 2.93. The maximum Gasteiger partial charge on any atom is 0.202 e. The topological polar surface area (TPSA) is 37.8 Å². The summed E-state index contributed by atoms with van der Waals surface area (Å²) in [5.74, 6) is 0.809. The summed E-state index contributed by atoms with van der Waals surface area (Å²) in [6, 6.07) is 8.27. The van der Waals surface area contributed by atoms with Gasteiger partial charge in [0, 0.05) is 23.6 Å². The highest BCUT2D eigenvalue weighted by Gasteiger charge is 2.05. The molecule has 0 bridgehead atoms. The average Bonchev–Trinajstić information content (AvgIpc) is 2.76. The molecular formula is C12H15N3S. The summed E-state index contributed by atoms with van der Waals surface area (Å²) in [7, 11) is 0. The molecule has 84 valence electrons. The van der Waals surface area contributed by atoms with Crippen molar-refractivity contribution in [2.24, 2.45) is 0 Å². The first kappa shape index (κ1) is 11.1. The van der Waals surface area contributed by atoms with Crippen LogP contribution in [0.4, 0.5) is 5.13 Å². The lowest BCUT2D eigenvalue weighted by atomic mass is 10.1. The summed E-state index contributed by atoms with van der Waals surface area (Å²) in [5.41, 5.74) is 2.33. The van der Waals surface area contributed by atoms with Crippen molar-refractivity contribution in [3.8, 4) is 11.4 Å². The van der Waals surface area contributed by atoms with E-state index >= 15 is 0 Å². The molecule has 1 aromatic heterocycles. The molecule has 0 aliphatic heterocycles. The fourth-order valence-electron chi connectivity index (χ4n) is 1.35. The number of nitrogens with zero attached hydrogens (tertiary/aromatic N) is 2. The number of rotatable bonds is 4. The van der Waals surface area contributed by atoms with Gasteiger partial charge in [0.05, 0.1) is 0 Å². The number of benzene rings is 1. The van der Waals surface area contributed by atoms with E-state index in [4.69, 9.17) is 0 Å². The summed E-state index contributed by atoms with van der Waals surface area (Å²) in [5, 5.41) is 4.14. The van der Waals surface area contributed by atoms with Crippen molar-refractivity contribution >= 4 is 16.7 Å². The van der Waals surface area contributed by atoms with Crippen LogP contribution in [0, 0.1) is 6.92 Å². The van der Waals surface area contributed by atoms with Crippen molar-refractivity contribution in [1.29, 1.82) is 0 Å². The smallest absolute Gasteiger partial charge is 0.202 e. The minimum absolute atomic E-state index is 0.809. The van der Waals surface area contributed by atoms with Gasteiger partial charge in [-0.3, -0.25) is 0 Å². The van der Waals surface area contributed by atoms with E-state index in [2.05, 4.69) is 52.8 Å². The van der Waals surface area contributed by atoms with Gasteiger partial charge in [0.1, 0.15) is 0 Å².